The molecule has 0 bridgehead atoms. The van der Waals surface area contributed by atoms with Gasteiger partial charge in [0.15, 0.2) is 0 Å². The van der Waals surface area contributed by atoms with E-state index in [2.05, 4.69) is 34.5 Å². The van der Waals surface area contributed by atoms with Gasteiger partial charge >= 0.3 is 0 Å². The first-order valence-electron chi connectivity index (χ1n) is 6.89. The molecule has 1 amide bonds. The Bertz CT molecular complexity index is 580. The number of nitrogens with one attached hydrogen (secondary N) is 1. The first-order valence-corrected chi connectivity index (χ1v) is 7.77. The van der Waals surface area contributed by atoms with Gasteiger partial charge in [0.2, 0.25) is 5.91 Å². The molecule has 0 saturated heterocycles. The molecule has 1 aliphatic heterocycles. The zero-order valence-corrected chi connectivity index (χ0v) is 12.2. The Morgan fingerprint density at radius 2 is 2.05 bits per heavy atom. The minimum absolute atomic E-state index is 0.109. The number of nitrogens with zero attached hydrogens (tertiary/aromatic N) is 1. The summed E-state index contributed by atoms with van der Waals surface area (Å²) in [6.45, 7) is 2.96. The smallest absolute Gasteiger partial charge is 0.234 e. The van der Waals surface area contributed by atoms with Crippen LogP contribution >= 0.6 is 11.3 Å². The van der Waals surface area contributed by atoms with Gasteiger partial charge in [-0.05, 0) is 29.0 Å². The molecule has 0 aliphatic carbocycles. The summed E-state index contributed by atoms with van der Waals surface area (Å²) < 4.78 is 0. The number of hydrogen-bond donors (Lipinski definition) is 1. The van der Waals surface area contributed by atoms with E-state index in [9.17, 15) is 4.79 Å². The second kappa shape index (κ2) is 6.20. The third-order valence-corrected chi connectivity index (χ3v) is 4.49. The van der Waals surface area contributed by atoms with E-state index in [-0.39, 0.29) is 5.91 Å². The molecule has 1 aliphatic rings. The van der Waals surface area contributed by atoms with Crippen LogP contribution in [0.15, 0.2) is 41.8 Å². The molecule has 1 aromatic carbocycles. The maximum Gasteiger partial charge on any atom is 0.234 e. The van der Waals surface area contributed by atoms with E-state index in [0.29, 0.717) is 13.1 Å². The summed E-state index contributed by atoms with van der Waals surface area (Å²) in [6.07, 6.45) is 1.04. The predicted molar refractivity (Wildman–Crippen MR) is 81.6 cm³/mol. The van der Waals surface area contributed by atoms with Gasteiger partial charge in [-0.1, -0.05) is 30.3 Å². The highest BCUT2D eigenvalue weighted by Crippen LogP contribution is 2.17. The van der Waals surface area contributed by atoms with Gasteiger partial charge in [-0.25, -0.2) is 0 Å². The molecule has 0 radical (unpaired) electrons. The highest BCUT2D eigenvalue weighted by molar-refractivity contribution is 7.09. The summed E-state index contributed by atoms with van der Waals surface area (Å²) in [5.74, 6) is 0.109. The van der Waals surface area contributed by atoms with Crippen LogP contribution in [0.5, 0.6) is 0 Å². The van der Waals surface area contributed by atoms with Gasteiger partial charge in [-0.2, -0.15) is 0 Å². The van der Waals surface area contributed by atoms with Crippen LogP contribution in [0.3, 0.4) is 0 Å². The third-order valence-electron chi connectivity index (χ3n) is 3.62. The van der Waals surface area contributed by atoms with E-state index in [4.69, 9.17) is 0 Å². The zero-order valence-electron chi connectivity index (χ0n) is 11.3. The van der Waals surface area contributed by atoms with Crippen LogP contribution < -0.4 is 5.32 Å². The second-order valence-corrected chi connectivity index (χ2v) is 6.12. The van der Waals surface area contributed by atoms with Crippen molar-refractivity contribution in [2.45, 2.75) is 19.5 Å². The number of thiophene rings is 1. The molecule has 0 unspecified atom stereocenters. The van der Waals surface area contributed by atoms with Crippen molar-refractivity contribution >= 4 is 17.2 Å². The van der Waals surface area contributed by atoms with E-state index in [1.807, 2.05) is 17.5 Å². The number of hydrogen-bond acceptors (Lipinski definition) is 3. The average Bonchev–Trinajstić information content (AvgIpc) is 2.98. The van der Waals surface area contributed by atoms with Gasteiger partial charge < -0.3 is 5.32 Å². The van der Waals surface area contributed by atoms with Crippen LogP contribution in [0.1, 0.15) is 16.0 Å². The maximum atomic E-state index is 12.0. The predicted octanol–water partition coefficient (Wildman–Crippen LogP) is 2.42. The summed E-state index contributed by atoms with van der Waals surface area (Å²) in [7, 11) is 0. The highest BCUT2D eigenvalue weighted by atomic mass is 32.1. The number of carbonyl (C=O) groups is 1. The first kappa shape index (κ1) is 13.3. The molecule has 1 aromatic heterocycles. The summed E-state index contributed by atoms with van der Waals surface area (Å²) >= 11 is 1.67. The summed E-state index contributed by atoms with van der Waals surface area (Å²) in [4.78, 5) is 15.4. The Labute approximate surface area is 123 Å². The summed E-state index contributed by atoms with van der Waals surface area (Å²) in [5, 5.41) is 5.02. The lowest BCUT2D eigenvalue weighted by molar-refractivity contribution is -0.122. The molecule has 104 valence electrons. The van der Waals surface area contributed by atoms with Crippen LogP contribution in [0.2, 0.25) is 0 Å². The number of rotatable bonds is 4. The fourth-order valence-electron chi connectivity index (χ4n) is 2.55. The minimum atomic E-state index is 0.109. The number of amides is 1. The van der Waals surface area contributed by atoms with Crippen LogP contribution in [0.25, 0.3) is 0 Å². The van der Waals surface area contributed by atoms with Crippen LogP contribution in [0.4, 0.5) is 0 Å². The van der Waals surface area contributed by atoms with Crippen molar-refractivity contribution < 1.29 is 4.79 Å². The molecule has 2 heterocycles. The number of benzene rings is 1. The Hall–Kier alpha value is -1.65. The first-order chi connectivity index (χ1) is 9.81. The fourth-order valence-corrected chi connectivity index (χ4v) is 3.19. The van der Waals surface area contributed by atoms with Gasteiger partial charge in [-0.15, -0.1) is 11.3 Å². The Kier molecular flexibility index (Phi) is 4.14. The van der Waals surface area contributed by atoms with Crippen molar-refractivity contribution in [3.63, 3.8) is 0 Å². The van der Waals surface area contributed by atoms with Crippen molar-refractivity contribution in [1.82, 2.24) is 10.2 Å². The van der Waals surface area contributed by atoms with E-state index < -0.39 is 0 Å². The molecule has 0 fully saturated rings. The van der Waals surface area contributed by atoms with Crippen LogP contribution in [-0.2, 0) is 24.3 Å². The zero-order chi connectivity index (χ0) is 13.8. The number of fused-ring (bicyclic) bond motifs is 1. The van der Waals surface area contributed by atoms with E-state index >= 15 is 0 Å². The average molecular weight is 286 g/mol. The fraction of sp³-hybridized carbons (Fsp3) is 0.312. The van der Waals surface area contributed by atoms with E-state index in [0.717, 1.165) is 19.5 Å². The Morgan fingerprint density at radius 3 is 2.85 bits per heavy atom. The molecule has 3 rings (SSSR count). The van der Waals surface area contributed by atoms with Crippen molar-refractivity contribution in [3.05, 3.63) is 57.8 Å². The van der Waals surface area contributed by atoms with Crippen molar-refractivity contribution in [1.29, 1.82) is 0 Å². The number of carbonyl (C=O) groups excluding carboxylic acids is 1. The van der Waals surface area contributed by atoms with Gasteiger partial charge in [-0.3, -0.25) is 9.69 Å². The lowest BCUT2D eigenvalue weighted by atomic mass is 10.00. The van der Waals surface area contributed by atoms with Gasteiger partial charge in [0.05, 0.1) is 13.1 Å². The topological polar surface area (TPSA) is 32.3 Å². The normalized spacial score (nSPS) is 14.8. The molecular weight excluding hydrogens is 268 g/mol. The van der Waals surface area contributed by atoms with Crippen LogP contribution in [0, 0.1) is 0 Å². The molecule has 4 heteroatoms. The lowest BCUT2D eigenvalue weighted by Crippen LogP contribution is -2.39. The quantitative estimate of drug-likeness (QED) is 0.936. The maximum absolute atomic E-state index is 12.0. The van der Waals surface area contributed by atoms with Gasteiger partial charge in [0.25, 0.3) is 0 Å². The summed E-state index contributed by atoms with van der Waals surface area (Å²) in [6, 6.07) is 12.5. The van der Waals surface area contributed by atoms with E-state index in [1.54, 1.807) is 11.3 Å². The second-order valence-electron chi connectivity index (χ2n) is 5.09. The van der Waals surface area contributed by atoms with Crippen LogP contribution in [-0.4, -0.2) is 23.9 Å². The molecule has 0 saturated carbocycles. The highest BCUT2D eigenvalue weighted by Gasteiger charge is 2.17. The standard InChI is InChI=1S/C16H18N2OS/c19-16(17-10-15-6-3-9-20-15)12-18-8-7-13-4-1-2-5-14(13)11-18/h1-6,9H,7-8,10-12H2,(H,17,19). The molecule has 2 aromatic rings. The van der Waals surface area contributed by atoms with Gasteiger partial charge in [0, 0.05) is 18.0 Å². The Morgan fingerprint density at radius 1 is 1.20 bits per heavy atom. The third kappa shape index (κ3) is 3.26. The largest absolute Gasteiger partial charge is 0.350 e. The van der Waals surface area contributed by atoms with Crippen molar-refractivity contribution in [3.8, 4) is 0 Å². The molecular formula is C16H18N2OS. The molecule has 3 nitrogen and oxygen atoms in total. The molecule has 20 heavy (non-hydrogen) atoms. The van der Waals surface area contributed by atoms with Gasteiger partial charge in [0.1, 0.15) is 0 Å². The SMILES string of the molecule is O=C(CN1CCc2ccccc2C1)NCc1cccs1. The van der Waals surface area contributed by atoms with Crippen molar-refractivity contribution in [2.75, 3.05) is 13.1 Å². The Balaban J connectivity index is 1.50. The summed E-state index contributed by atoms with van der Waals surface area (Å²) in [5.41, 5.74) is 2.77. The molecule has 1 N–H and O–H groups in total. The molecule has 0 spiro atoms. The monoisotopic (exact) mass is 286 g/mol. The molecule has 0 atom stereocenters. The minimum Gasteiger partial charge on any atom is -0.350 e. The van der Waals surface area contributed by atoms with Crippen molar-refractivity contribution in [2.24, 2.45) is 0 Å². The lowest BCUT2D eigenvalue weighted by Gasteiger charge is -2.28. The van der Waals surface area contributed by atoms with E-state index in [1.165, 1.54) is 16.0 Å².